The fourth-order valence-electron chi connectivity index (χ4n) is 4.02. The van der Waals surface area contributed by atoms with E-state index in [0.717, 1.165) is 11.3 Å². The second-order valence-corrected chi connectivity index (χ2v) is 10.3. The summed E-state index contributed by atoms with van der Waals surface area (Å²) in [6.07, 6.45) is 1.25. The standard InChI is InChI=1S/C24H28N4O5S/c1-16-6-9-19(23-26-17(2)33-27-23)13-22(16)34(30,31)28-12-4-5-20(15-28)24(29)25-14-18-7-10-21(32-3)11-8-18/h6-11,13,20H,4-5,12,14-15H2,1-3H3,(H,25,29)/t20-/m0/s1. The van der Waals surface area contributed by atoms with Crippen molar-refractivity contribution in [1.29, 1.82) is 0 Å². The van der Waals surface area contributed by atoms with Crippen molar-refractivity contribution in [2.24, 2.45) is 5.92 Å². The number of hydrogen-bond acceptors (Lipinski definition) is 7. The largest absolute Gasteiger partial charge is 0.497 e. The molecule has 2 aromatic carbocycles. The topological polar surface area (TPSA) is 115 Å². The van der Waals surface area contributed by atoms with Crippen LogP contribution in [-0.4, -0.2) is 49.0 Å². The first-order valence-corrected chi connectivity index (χ1v) is 12.5. The van der Waals surface area contributed by atoms with Gasteiger partial charge in [-0.05, 0) is 49.1 Å². The zero-order valence-corrected chi connectivity index (χ0v) is 20.3. The molecule has 0 spiro atoms. The predicted octanol–water partition coefficient (Wildman–Crippen LogP) is 3.08. The molecule has 0 saturated carbocycles. The van der Waals surface area contributed by atoms with E-state index in [2.05, 4.69) is 15.5 Å². The third-order valence-electron chi connectivity index (χ3n) is 5.97. The maximum Gasteiger partial charge on any atom is 0.243 e. The Morgan fingerprint density at radius 3 is 2.65 bits per heavy atom. The van der Waals surface area contributed by atoms with Gasteiger partial charge >= 0.3 is 0 Å². The Morgan fingerprint density at radius 2 is 1.97 bits per heavy atom. The number of carbonyl (C=O) groups is 1. The van der Waals surface area contributed by atoms with E-state index >= 15 is 0 Å². The molecule has 1 aromatic heterocycles. The molecule has 10 heteroatoms. The molecule has 1 aliphatic rings. The van der Waals surface area contributed by atoms with Crippen LogP contribution in [0.1, 0.15) is 29.9 Å². The minimum Gasteiger partial charge on any atom is -0.497 e. The van der Waals surface area contributed by atoms with E-state index in [9.17, 15) is 13.2 Å². The van der Waals surface area contributed by atoms with Crippen LogP contribution in [0.5, 0.6) is 5.75 Å². The Hall–Kier alpha value is -3.24. The molecule has 0 aliphatic carbocycles. The normalized spacial score (nSPS) is 16.9. The summed E-state index contributed by atoms with van der Waals surface area (Å²) >= 11 is 0. The number of amides is 1. The number of sulfonamides is 1. The van der Waals surface area contributed by atoms with Gasteiger partial charge in [-0.3, -0.25) is 4.79 Å². The SMILES string of the molecule is COc1ccc(CNC(=O)[C@H]2CCCN(S(=O)(=O)c3cc(-c4noc(C)n4)ccc3C)C2)cc1. The Balaban J connectivity index is 1.47. The van der Waals surface area contributed by atoms with Gasteiger partial charge in [0, 0.05) is 32.1 Å². The van der Waals surface area contributed by atoms with Gasteiger partial charge in [-0.25, -0.2) is 8.42 Å². The summed E-state index contributed by atoms with van der Waals surface area (Å²) in [6, 6.07) is 12.5. The Kier molecular flexibility index (Phi) is 6.99. The third-order valence-corrected chi connectivity index (χ3v) is 7.98. The Bertz CT molecular complexity index is 1270. The number of piperidine rings is 1. The molecule has 3 aromatic rings. The lowest BCUT2D eigenvalue weighted by Crippen LogP contribution is -2.45. The lowest BCUT2D eigenvalue weighted by Gasteiger charge is -2.31. The fourth-order valence-corrected chi connectivity index (χ4v) is 5.80. The van der Waals surface area contributed by atoms with Crippen molar-refractivity contribution in [1.82, 2.24) is 19.8 Å². The van der Waals surface area contributed by atoms with Crippen LogP contribution in [0.4, 0.5) is 0 Å². The van der Waals surface area contributed by atoms with E-state index in [4.69, 9.17) is 9.26 Å². The van der Waals surface area contributed by atoms with Crippen molar-refractivity contribution in [2.75, 3.05) is 20.2 Å². The first-order chi connectivity index (χ1) is 16.3. The van der Waals surface area contributed by atoms with Crippen LogP contribution < -0.4 is 10.1 Å². The average molecular weight is 485 g/mol. The van der Waals surface area contributed by atoms with Crippen molar-refractivity contribution < 1.29 is 22.5 Å². The molecule has 1 saturated heterocycles. The number of aromatic nitrogens is 2. The van der Waals surface area contributed by atoms with Crippen LogP contribution in [0.2, 0.25) is 0 Å². The number of methoxy groups -OCH3 is 1. The predicted molar refractivity (Wildman–Crippen MR) is 126 cm³/mol. The quantitative estimate of drug-likeness (QED) is 0.548. The zero-order valence-electron chi connectivity index (χ0n) is 19.4. The van der Waals surface area contributed by atoms with Crippen molar-refractivity contribution in [2.45, 2.75) is 38.1 Å². The number of nitrogens with zero attached hydrogens (tertiary/aromatic N) is 3. The summed E-state index contributed by atoms with van der Waals surface area (Å²) in [5.74, 6) is 0.925. The number of carbonyl (C=O) groups excluding carboxylic acids is 1. The number of benzene rings is 2. The van der Waals surface area contributed by atoms with Gasteiger partial charge in [0.2, 0.25) is 27.6 Å². The molecule has 34 heavy (non-hydrogen) atoms. The van der Waals surface area contributed by atoms with Gasteiger partial charge in [-0.2, -0.15) is 9.29 Å². The number of hydrogen-bond donors (Lipinski definition) is 1. The lowest BCUT2D eigenvalue weighted by atomic mass is 9.99. The van der Waals surface area contributed by atoms with Gasteiger partial charge in [0.05, 0.1) is 17.9 Å². The van der Waals surface area contributed by atoms with Crippen LogP contribution in [0.15, 0.2) is 51.9 Å². The van der Waals surface area contributed by atoms with Crippen molar-refractivity contribution >= 4 is 15.9 Å². The van der Waals surface area contributed by atoms with Crippen LogP contribution in [0.25, 0.3) is 11.4 Å². The molecule has 0 unspecified atom stereocenters. The van der Waals surface area contributed by atoms with Crippen LogP contribution in [-0.2, 0) is 21.4 Å². The second kappa shape index (κ2) is 9.94. The number of aryl methyl sites for hydroxylation is 2. The molecule has 0 bridgehead atoms. The summed E-state index contributed by atoms with van der Waals surface area (Å²) < 4.78 is 38.6. The minimum atomic E-state index is -3.80. The third kappa shape index (κ3) is 5.13. The summed E-state index contributed by atoms with van der Waals surface area (Å²) in [5.41, 5.74) is 2.13. The molecule has 1 aliphatic heterocycles. The highest BCUT2D eigenvalue weighted by Crippen LogP contribution is 2.29. The molecule has 0 radical (unpaired) electrons. The molecule has 1 amide bonds. The Morgan fingerprint density at radius 1 is 1.21 bits per heavy atom. The van der Waals surface area contributed by atoms with E-state index < -0.39 is 15.9 Å². The molecular formula is C24H28N4O5S. The van der Waals surface area contributed by atoms with E-state index in [1.165, 1.54) is 4.31 Å². The van der Waals surface area contributed by atoms with Crippen LogP contribution >= 0.6 is 0 Å². The number of ether oxygens (including phenoxy) is 1. The molecule has 2 heterocycles. The lowest BCUT2D eigenvalue weighted by molar-refractivity contribution is -0.126. The highest BCUT2D eigenvalue weighted by Gasteiger charge is 2.34. The fraction of sp³-hybridized carbons (Fsp3) is 0.375. The second-order valence-electron chi connectivity index (χ2n) is 8.39. The summed E-state index contributed by atoms with van der Waals surface area (Å²) in [7, 11) is -2.20. The molecule has 1 atom stereocenters. The first-order valence-electron chi connectivity index (χ1n) is 11.1. The summed E-state index contributed by atoms with van der Waals surface area (Å²) in [5, 5.41) is 6.82. The van der Waals surface area contributed by atoms with E-state index in [1.54, 1.807) is 39.2 Å². The Labute approximate surface area is 199 Å². The molecule has 1 N–H and O–H groups in total. The number of nitrogens with one attached hydrogen (secondary N) is 1. The molecule has 4 rings (SSSR count). The average Bonchev–Trinajstić information content (AvgIpc) is 3.29. The van der Waals surface area contributed by atoms with Gasteiger partial charge in [-0.15, -0.1) is 0 Å². The minimum absolute atomic E-state index is 0.141. The number of rotatable bonds is 7. The molecule has 1 fully saturated rings. The summed E-state index contributed by atoms with van der Waals surface area (Å²) in [4.78, 5) is 17.2. The molecular weight excluding hydrogens is 456 g/mol. The smallest absolute Gasteiger partial charge is 0.243 e. The van der Waals surface area contributed by atoms with Gasteiger partial charge in [0.25, 0.3) is 0 Å². The van der Waals surface area contributed by atoms with E-state index in [1.807, 2.05) is 24.3 Å². The first kappa shape index (κ1) is 23.9. The highest BCUT2D eigenvalue weighted by atomic mass is 32.2. The molecule has 180 valence electrons. The van der Waals surface area contributed by atoms with Crippen LogP contribution in [0, 0.1) is 19.8 Å². The van der Waals surface area contributed by atoms with Crippen molar-refractivity contribution in [3.63, 3.8) is 0 Å². The molecule has 9 nitrogen and oxygen atoms in total. The van der Waals surface area contributed by atoms with E-state index in [0.29, 0.717) is 48.8 Å². The maximum atomic E-state index is 13.5. The van der Waals surface area contributed by atoms with Crippen molar-refractivity contribution in [3.8, 4) is 17.1 Å². The maximum absolute atomic E-state index is 13.5. The van der Waals surface area contributed by atoms with Gasteiger partial charge in [-0.1, -0.05) is 29.4 Å². The van der Waals surface area contributed by atoms with Crippen LogP contribution in [0.3, 0.4) is 0 Å². The van der Waals surface area contributed by atoms with E-state index in [-0.39, 0.29) is 17.3 Å². The monoisotopic (exact) mass is 484 g/mol. The highest BCUT2D eigenvalue weighted by molar-refractivity contribution is 7.89. The van der Waals surface area contributed by atoms with Gasteiger partial charge in [0.1, 0.15) is 5.75 Å². The zero-order chi connectivity index (χ0) is 24.3. The van der Waals surface area contributed by atoms with Gasteiger partial charge < -0.3 is 14.6 Å². The van der Waals surface area contributed by atoms with Gasteiger partial charge in [0.15, 0.2) is 0 Å². The van der Waals surface area contributed by atoms with Crippen molar-refractivity contribution in [3.05, 3.63) is 59.5 Å². The summed E-state index contributed by atoms with van der Waals surface area (Å²) in [6.45, 7) is 4.31.